The van der Waals surface area contributed by atoms with Crippen molar-refractivity contribution in [2.45, 2.75) is 6.54 Å². The van der Waals surface area contributed by atoms with Crippen LogP contribution in [0.1, 0.15) is 5.56 Å². The number of nitrogens with one attached hydrogen (secondary N) is 1. The molecule has 0 aliphatic carbocycles. The Morgan fingerprint density at radius 1 is 1.00 bits per heavy atom. The van der Waals surface area contributed by atoms with E-state index in [1.54, 1.807) is 6.21 Å². The molecule has 1 heterocycles. The fourth-order valence-corrected chi connectivity index (χ4v) is 2.64. The summed E-state index contributed by atoms with van der Waals surface area (Å²) >= 11 is 0. The number of hydrogen-bond acceptors (Lipinski definition) is 5. The number of hydrogen-bond donors (Lipinski definition) is 1. The van der Waals surface area contributed by atoms with E-state index in [1.807, 2.05) is 72.8 Å². The van der Waals surface area contributed by atoms with Crippen LogP contribution in [0.3, 0.4) is 0 Å². The van der Waals surface area contributed by atoms with Crippen molar-refractivity contribution in [1.29, 1.82) is 0 Å². The van der Waals surface area contributed by atoms with E-state index in [0.29, 0.717) is 5.82 Å². The van der Waals surface area contributed by atoms with E-state index in [-0.39, 0.29) is 12.5 Å². The van der Waals surface area contributed by atoms with E-state index in [9.17, 15) is 4.79 Å². The highest BCUT2D eigenvalue weighted by Gasteiger charge is 2.08. The van der Waals surface area contributed by atoms with Crippen LogP contribution in [0, 0.1) is 0 Å². The Hall–Kier alpha value is -3.87. The summed E-state index contributed by atoms with van der Waals surface area (Å²) in [6.07, 6.45) is 1.61. The summed E-state index contributed by atoms with van der Waals surface area (Å²) in [5, 5.41) is 18.3. The Balaban J connectivity index is 1.36. The van der Waals surface area contributed by atoms with Gasteiger partial charge in [0.1, 0.15) is 6.54 Å². The number of carbonyl (C=O) groups is 1. The largest absolute Gasteiger partial charge is 0.271 e. The van der Waals surface area contributed by atoms with Crippen molar-refractivity contribution in [1.82, 2.24) is 25.6 Å². The molecule has 0 atom stereocenters. The summed E-state index contributed by atoms with van der Waals surface area (Å²) in [5.74, 6) is 0.145. The van der Waals surface area contributed by atoms with Gasteiger partial charge in [-0.3, -0.25) is 4.79 Å². The zero-order valence-electron chi connectivity index (χ0n) is 14.4. The maximum Gasteiger partial charge on any atom is 0.263 e. The average molecular weight is 356 g/mol. The second-order valence-corrected chi connectivity index (χ2v) is 5.91. The van der Waals surface area contributed by atoms with Gasteiger partial charge >= 0.3 is 0 Å². The molecule has 0 aliphatic heterocycles. The minimum Gasteiger partial charge on any atom is -0.271 e. The minimum absolute atomic E-state index is 0.0606. The van der Waals surface area contributed by atoms with E-state index in [0.717, 1.165) is 21.9 Å². The normalized spacial score (nSPS) is 11.1. The third kappa shape index (κ3) is 4.04. The highest BCUT2D eigenvalue weighted by Crippen LogP contribution is 2.14. The molecule has 0 fully saturated rings. The number of tetrazole rings is 1. The first-order chi connectivity index (χ1) is 13.3. The molecule has 1 aromatic heterocycles. The number of aromatic nitrogens is 4. The maximum absolute atomic E-state index is 12.0. The van der Waals surface area contributed by atoms with Gasteiger partial charge < -0.3 is 0 Å². The molecule has 0 saturated carbocycles. The zero-order valence-corrected chi connectivity index (χ0v) is 14.4. The quantitative estimate of drug-likeness (QED) is 0.440. The fraction of sp³-hybridized carbons (Fsp3) is 0.0500. The van der Waals surface area contributed by atoms with Crippen molar-refractivity contribution >= 4 is 22.9 Å². The van der Waals surface area contributed by atoms with Crippen LogP contribution in [0.2, 0.25) is 0 Å². The molecule has 4 aromatic rings. The SMILES string of the molecule is O=C(Cn1nnc(-c2ccccc2)n1)N/N=C\c1ccc2ccccc2c1. The van der Waals surface area contributed by atoms with Gasteiger partial charge in [-0.25, -0.2) is 5.43 Å². The first-order valence-corrected chi connectivity index (χ1v) is 8.42. The topological polar surface area (TPSA) is 85.1 Å². The fourth-order valence-electron chi connectivity index (χ4n) is 2.64. The number of amides is 1. The molecule has 0 aliphatic rings. The van der Waals surface area contributed by atoms with Gasteiger partial charge in [0.05, 0.1) is 6.21 Å². The molecule has 0 bridgehead atoms. The van der Waals surface area contributed by atoms with Gasteiger partial charge in [0, 0.05) is 5.56 Å². The molecule has 1 N–H and O–H groups in total. The summed E-state index contributed by atoms with van der Waals surface area (Å²) < 4.78 is 0. The predicted octanol–water partition coefficient (Wildman–Crippen LogP) is 2.64. The van der Waals surface area contributed by atoms with Crippen LogP contribution in [-0.2, 0) is 11.3 Å². The molecular weight excluding hydrogens is 340 g/mol. The minimum atomic E-state index is -0.330. The molecule has 0 radical (unpaired) electrons. The van der Waals surface area contributed by atoms with Crippen LogP contribution in [-0.4, -0.2) is 32.3 Å². The van der Waals surface area contributed by atoms with Gasteiger partial charge in [-0.15, -0.1) is 10.2 Å². The second kappa shape index (κ2) is 7.57. The predicted molar refractivity (Wildman–Crippen MR) is 103 cm³/mol. The molecule has 7 nitrogen and oxygen atoms in total. The molecule has 7 heteroatoms. The first kappa shape index (κ1) is 16.6. The third-order valence-electron chi connectivity index (χ3n) is 3.95. The highest BCUT2D eigenvalue weighted by molar-refractivity contribution is 5.90. The molecular formula is C20H16N6O. The molecule has 0 saturated heterocycles. The number of nitrogens with zero attached hydrogens (tertiary/aromatic N) is 5. The number of rotatable bonds is 5. The number of carbonyl (C=O) groups excluding carboxylic acids is 1. The second-order valence-electron chi connectivity index (χ2n) is 5.91. The zero-order chi connectivity index (χ0) is 18.5. The van der Waals surface area contributed by atoms with E-state index >= 15 is 0 Å². The molecule has 1 amide bonds. The molecule has 0 spiro atoms. The Kier molecular flexibility index (Phi) is 4.65. The van der Waals surface area contributed by atoms with Crippen molar-refractivity contribution in [3.05, 3.63) is 78.4 Å². The van der Waals surface area contributed by atoms with Crippen LogP contribution in [0.25, 0.3) is 22.2 Å². The van der Waals surface area contributed by atoms with Crippen molar-refractivity contribution in [3.8, 4) is 11.4 Å². The molecule has 4 rings (SSSR count). The van der Waals surface area contributed by atoms with Gasteiger partial charge in [-0.1, -0.05) is 66.7 Å². The Morgan fingerprint density at radius 3 is 2.63 bits per heavy atom. The summed E-state index contributed by atoms with van der Waals surface area (Å²) in [4.78, 5) is 13.2. The van der Waals surface area contributed by atoms with Crippen molar-refractivity contribution in [3.63, 3.8) is 0 Å². The molecule has 3 aromatic carbocycles. The molecule has 132 valence electrons. The van der Waals surface area contributed by atoms with Crippen LogP contribution in [0.4, 0.5) is 0 Å². The van der Waals surface area contributed by atoms with Gasteiger partial charge in [0.15, 0.2) is 0 Å². The summed E-state index contributed by atoms with van der Waals surface area (Å²) in [6.45, 7) is -0.0606. The van der Waals surface area contributed by atoms with E-state index in [1.165, 1.54) is 4.80 Å². The van der Waals surface area contributed by atoms with E-state index in [2.05, 4.69) is 25.9 Å². The van der Waals surface area contributed by atoms with E-state index in [4.69, 9.17) is 0 Å². The van der Waals surface area contributed by atoms with Crippen molar-refractivity contribution < 1.29 is 4.79 Å². The monoisotopic (exact) mass is 356 g/mol. The standard InChI is InChI=1S/C20H16N6O/c27-19(14-26-24-20(23-25-26)17-7-2-1-3-8-17)22-21-13-15-10-11-16-6-4-5-9-18(16)12-15/h1-13H,14H2,(H,22,27)/b21-13-. The lowest BCUT2D eigenvalue weighted by molar-refractivity contribution is -0.122. The first-order valence-electron chi connectivity index (χ1n) is 8.42. The summed E-state index contributed by atoms with van der Waals surface area (Å²) in [7, 11) is 0. The third-order valence-corrected chi connectivity index (χ3v) is 3.95. The van der Waals surface area contributed by atoms with Crippen molar-refractivity contribution in [2.75, 3.05) is 0 Å². The van der Waals surface area contributed by atoms with Gasteiger partial charge in [-0.05, 0) is 27.6 Å². The summed E-state index contributed by atoms with van der Waals surface area (Å²) in [6, 6.07) is 23.5. The van der Waals surface area contributed by atoms with Crippen LogP contribution < -0.4 is 5.43 Å². The Labute approximate surface area is 155 Å². The maximum atomic E-state index is 12.0. The molecule has 27 heavy (non-hydrogen) atoms. The van der Waals surface area contributed by atoms with Crippen LogP contribution in [0.15, 0.2) is 77.9 Å². The summed E-state index contributed by atoms with van der Waals surface area (Å²) in [5.41, 5.74) is 4.23. The lowest BCUT2D eigenvalue weighted by Gasteiger charge is -2.00. The highest BCUT2D eigenvalue weighted by atomic mass is 16.2. The smallest absolute Gasteiger partial charge is 0.263 e. The average Bonchev–Trinajstić information content (AvgIpc) is 3.17. The van der Waals surface area contributed by atoms with Gasteiger partial charge in [0.2, 0.25) is 5.82 Å². The molecule has 0 unspecified atom stereocenters. The van der Waals surface area contributed by atoms with Crippen LogP contribution >= 0.6 is 0 Å². The van der Waals surface area contributed by atoms with Gasteiger partial charge in [0.25, 0.3) is 5.91 Å². The number of hydrazone groups is 1. The Bertz CT molecular complexity index is 1100. The van der Waals surface area contributed by atoms with Crippen molar-refractivity contribution in [2.24, 2.45) is 5.10 Å². The number of benzene rings is 3. The van der Waals surface area contributed by atoms with Gasteiger partial charge in [-0.2, -0.15) is 9.90 Å². The van der Waals surface area contributed by atoms with Crippen LogP contribution in [0.5, 0.6) is 0 Å². The lowest BCUT2D eigenvalue weighted by atomic mass is 10.1. The number of fused-ring (bicyclic) bond motifs is 1. The lowest BCUT2D eigenvalue weighted by Crippen LogP contribution is -2.24. The Morgan fingerprint density at radius 2 is 1.78 bits per heavy atom. The van der Waals surface area contributed by atoms with E-state index < -0.39 is 0 Å².